The number of hydrogen-bond acceptors (Lipinski definition) is 2. The Bertz CT molecular complexity index is 239. The lowest BCUT2D eigenvalue weighted by atomic mass is 10.0. The molecule has 0 radical (unpaired) electrons. The van der Waals surface area contributed by atoms with Crippen molar-refractivity contribution < 1.29 is 17.4 Å². The molecule has 96 valence electrons. The Hall–Kier alpha value is -0.100. The second-order valence-electron chi connectivity index (χ2n) is 4.20. The number of alkyl halides is 3. The van der Waals surface area contributed by atoms with Crippen molar-refractivity contribution in [3.8, 4) is 0 Å². The fourth-order valence-electron chi connectivity index (χ4n) is 2.09. The molecule has 1 aliphatic rings. The summed E-state index contributed by atoms with van der Waals surface area (Å²) < 4.78 is 49.9. The van der Waals surface area contributed by atoms with Crippen LogP contribution >= 0.6 is 0 Å². The fraction of sp³-hybridized carbons (Fsp3) is 1.00. The van der Waals surface area contributed by atoms with Crippen molar-refractivity contribution in [2.45, 2.75) is 55.2 Å². The minimum Gasteiger partial charge on any atom is -0.330 e. The maximum absolute atomic E-state index is 12.7. The molecular formula is C10H18F3NOS. The molecule has 2 N–H and O–H groups in total. The van der Waals surface area contributed by atoms with Gasteiger partial charge >= 0.3 is 6.18 Å². The van der Waals surface area contributed by atoms with Crippen molar-refractivity contribution in [1.82, 2.24) is 0 Å². The van der Waals surface area contributed by atoms with Crippen molar-refractivity contribution in [3.63, 3.8) is 0 Å². The van der Waals surface area contributed by atoms with Gasteiger partial charge < -0.3 is 5.73 Å². The molecule has 0 aromatic rings. The number of hydrogen-bond donors (Lipinski definition) is 1. The van der Waals surface area contributed by atoms with Gasteiger partial charge in [0, 0.05) is 16.0 Å². The maximum atomic E-state index is 12.7. The van der Waals surface area contributed by atoms with Crippen LogP contribution in [-0.4, -0.2) is 27.4 Å². The van der Waals surface area contributed by atoms with Crippen LogP contribution in [0.3, 0.4) is 0 Å². The predicted molar refractivity (Wildman–Crippen MR) is 58.5 cm³/mol. The van der Waals surface area contributed by atoms with Gasteiger partial charge in [-0.3, -0.25) is 4.21 Å². The molecule has 2 atom stereocenters. The van der Waals surface area contributed by atoms with Gasteiger partial charge in [-0.2, -0.15) is 13.2 Å². The smallest absolute Gasteiger partial charge is 0.330 e. The van der Waals surface area contributed by atoms with Crippen molar-refractivity contribution in [3.05, 3.63) is 0 Å². The Morgan fingerprint density at radius 2 is 1.81 bits per heavy atom. The van der Waals surface area contributed by atoms with E-state index in [0.29, 0.717) is 12.8 Å². The first-order valence-corrected chi connectivity index (χ1v) is 6.90. The van der Waals surface area contributed by atoms with Crippen molar-refractivity contribution >= 4 is 10.8 Å². The molecule has 0 heterocycles. The van der Waals surface area contributed by atoms with Crippen LogP contribution in [0.2, 0.25) is 0 Å². The highest BCUT2D eigenvalue weighted by atomic mass is 32.2. The molecule has 2 unspecified atom stereocenters. The minimum absolute atomic E-state index is 0.0668. The zero-order valence-corrected chi connectivity index (χ0v) is 9.95. The van der Waals surface area contributed by atoms with Gasteiger partial charge in [-0.15, -0.1) is 0 Å². The summed E-state index contributed by atoms with van der Waals surface area (Å²) in [6.45, 7) is -0.0668. The van der Waals surface area contributed by atoms with Crippen LogP contribution in [0.1, 0.15) is 38.5 Å². The van der Waals surface area contributed by atoms with E-state index in [0.717, 1.165) is 19.3 Å². The molecule has 0 saturated heterocycles. The Morgan fingerprint density at radius 1 is 1.25 bits per heavy atom. The van der Waals surface area contributed by atoms with Gasteiger partial charge in [0.15, 0.2) is 0 Å². The lowest BCUT2D eigenvalue weighted by Crippen LogP contribution is -2.40. The van der Waals surface area contributed by atoms with E-state index in [-0.39, 0.29) is 18.2 Å². The molecule has 0 amide bonds. The van der Waals surface area contributed by atoms with E-state index in [1.54, 1.807) is 0 Å². The van der Waals surface area contributed by atoms with E-state index in [2.05, 4.69) is 0 Å². The largest absolute Gasteiger partial charge is 0.403 e. The summed E-state index contributed by atoms with van der Waals surface area (Å²) in [5.41, 5.74) is 5.16. The number of rotatable bonds is 4. The van der Waals surface area contributed by atoms with E-state index in [1.807, 2.05) is 0 Å². The highest BCUT2D eigenvalue weighted by Gasteiger charge is 2.45. The average Bonchev–Trinajstić information content (AvgIpc) is 2.25. The summed E-state index contributed by atoms with van der Waals surface area (Å²) in [6.07, 6.45) is -0.476. The topological polar surface area (TPSA) is 43.1 Å². The van der Waals surface area contributed by atoms with Crippen molar-refractivity contribution in [2.24, 2.45) is 5.73 Å². The predicted octanol–water partition coefficient (Wildman–Crippen LogP) is 2.35. The third-order valence-electron chi connectivity index (χ3n) is 2.96. The monoisotopic (exact) mass is 257 g/mol. The summed E-state index contributed by atoms with van der Waals surface area (Å²) in [7, 11) is -1.82. The Kier molecular flexibility index (Phi) is 5.24. The van der Waals surface area contributed by atoms with Crippen LogP contribution in [-0.2, 0) is 10.8 Å². The van der Waals surface area contributed by atoms with E-state index >= 15 is 0 Å². The first-order chi connectivity index (χ1) is 7.46. The van der Waals surface area contributed by atoms with Gasteiger partial charge in [-0.05, 0) is 25.8 Å². The minimum atomic E-state index is -4.39. The molecule has 1 aliphatic carbocycles. The molecule has 0 bridgehead atoms. The second-order valence-corrected chi connectivity index (χ2v) is 6.09. The van der Waals surface area contributed by atoms with Crippen molar-refractivity contribution in [1.29, 1.82) is 0 Å². The van der Waals surface area contributed by atoms with Crippen LogP contribution in [0.15, 0.2) is 0 Å². The molecule has 1 saturated carbocycles. The fourth-order valence-corrected chi connectivity index (χ4v) is 3.99. The second kappa shape index (κ2) is 6.00. The Morgan fingerprint density at radius 3 is 2.25 bits per heavy atom. The molecule has 0 aromatic heterocycles. The lowest BCUT2D eigenvalue weighted by Gasteiger charge is -2.27. The third-order valence-corrected chi connectivity index (χ3v) is 5.15. The molecule has 16 heavy (non-hydrogen) atoms. The number of halogens is 3. The standard InChI is InChI=1S/C10H18F3NOS/c11-10(12,13)9(6-7-14)16(15)8-4-2-1-3-5-8/h8-9H,1-7,14H2. The summed E-state index contributed by atoms with van der Waals surface area (Å²) in [5, 5.41) is -2.02. The van der Waals surface area contributed by atoms with Gasteiger partial charge in [0.2, 0.25) is 0 Å². The highest BCUT2D eigenvalue weighted by molar-refractivity contribution is 7.86. The highest BCUT2D eigenvalue weighted by Crippen LogP contribution is 2.32. The van der Waals surface area contributed by atoms with Gasteiger partial charge in [0.25, 0.3) is 0 Å². The Labute approximate surface area is 96.2 Å². The SMILES string of the molecule is NCCC(S(=O)C1CCCCC1)C(F)(F)F. The van der Waals surface area contributed by atoms with E-state index in [1.165, 1.54) is 0 Å². The molecular weight excluding hydrogens is 239 g/mol. The van der Waals surface area contributed by atoms with Gasteiger partial charge in [-0.1, -0.05) is 19.3 Å². The third kappa shape index (κ3) is 3.73. The molecule has 0 aromatic carbocycles. The van der Waals surface area contributed by atoms with Crippen LogP contribution in [0.5, 0.6) is 0 Å². The van der Waals surface area contributed by atoms with E-state index in [9.17, 15) is 17.4 Å². The Balaban J connectivity index is 2.66. The summed E-state index contributed by atoms with van der Waals surface area (Å²) in [4.78, 5) is 0. The average molecular weight is 257 g/mol. The molecule has 1 fully saturated rings. The molecule has 1 rings (SSSR count). The first-order valence-electron chi connectivity index (χ1n) is 5.63. The first kappa shape index (κ1) is 14.0. The van der Waals surface area contributed by atoms with Crippen LogP contribution < -0.4 is 5.73 Å². The van der Waals surface area contributed by atoms with E-state index in [4.69, 9.17) is 5.73 Å². The van der Waals surface area contributed by atoms with Crippen molar-refractivity contribution in [2.75, 3.05) is 6.54 Å². The molecule has 0 spiro atoms. The number of nitrogens with two attached hydrogens (primary N) is 1. The quantitative estimate of drug-likeness (QED) is 0.840. The summed E-state index contributed by atoms with van der Waals surface area (Å²) in [5.74, 6) is 0. The van der Waals surface area contributed by atoms with Crippen LogP contribution in [0.25, 0.3) is 0 Å². The van der Waals surface area contributed by atoms with Gasteiger partial charge in [-0.25, -0.2) is 0 Å². The normalized spacial score (nSPS) is 23.0. The maximum Gasteiger partial charge on any atom is 0.403 e. The lowest BCUT2D eigenvalue weighted by molar-refractivity contribution is -0.130. The zero-order valence-electron chi connectivity index (χ0n) is 9.13. The van der Waals surface area contributed by atoms with Crippen LogP contribution in [0, 0.1) is 0 Å². The molecule has 6 heteroatoms. The summed E-state index contributed by atoms with van der Waals surface area (Å²) >= 11 is 0. The van der Waals surface area contributed by atoms with Crippen LogP contribution in [0.4, 0.5) is 13.2 Å². The zero-order chi connectivity index (χ0) is 12.2. The van der Waals surface area contributed by atoms with E-state index < -0.39 is 22.2 Å². The molecule has 2 nitrogen and oxygen atoms in total. The van der Waals surface area contributed by atoms with Gasteiger partial charge in [0.1, 0.15) is 5.25 Å². The van der Waals surface area contributed by atoms with Gasteiger partial charge in [0.05, 0.1) is 0 Å². The summed E-state index contributed by atoms with van der Waals surface area (Å²) in [6, 6.07) is 0. The molecule has 0 aliphatic heterocycles.